The van der Waals surface area contributed by atoms with Gasteiger partial charge in [-0.05, 0) is 32.0 Å². The minimum Gasteiger partial charge on any atom is -0.454 e. The van der Waals surface area contributed by atoms with Crippen molar-refractivity contribution < 1.29 is 27.5 Å². The van der Waals surface area contributed by atoms with Crippen molar-refractivity contribution >= 4 is 22.7 Å². The summed E-state index contributed by atoms with van der Waals surface area (Å²) in [5.74, 6) is -2.02. The maximum atomic E-state index is 13.9. The lowest BCUT2D eigenvalue weighted by atomic mass is 10.0. The number of esters is 1. The number of carbonyl (C=O) groups excluding carboxylic acids is 2. The quantitative estimate of drug-likeness (QED) is 0.318. The number of nitrogens with zero attached hydrogens (tertiary/aromatic N) is 1. The summed E-state index contributed by atoms with van der Waals surface area (Å²) in [6.45, 7) is 3.33. The van der Waals surface area contributed by atoms with Gasteiger partial charge in [0.25, 0.3) is 0 Å². The third kappa shape index (κ3) is 4.30. The smallest absolute Gasteiger partial charge is 0.307 e. The van der Waals surface area contributed by atoms with E-state index in [-0.39, 0.29) is 35.8 Å². The van der Waals surface area contributed by atoms with Crippen molar-refractivity contribution in [1.29, 1.82) is 0 Å². The first kappa shape index (κ1) is 21.4. The number of aromatic nitrogens is 2. The van der Waals surface area contributed by atoms with Gasteiger partial charge in [0.05, 0.1) is 18.2 Å². The van der Waals surface area contributed by atoms with E-state index in [1.807, 2.05) is 24.3 Å². The van der Waals surface area contributed by atoms with E-state index >= 15 is 0 Å². The van der Waals surface area contributed by atoms with Crippen molar-refractivity contribution in [3.05, 3.63) is 77.4 Å². The summed E-state index contributed by atoms with van der Waals surface area (Å²) < 4.78 is 37.7. The highest BCUT2D eigenvalue weighted by Crippen LogP contribution is 2.25. The van der Waals surface area contributed by atoms with Gasteiger partial charge in [0.15, 0.2) is 17.8 Å². The molecule has 0 aliphatic rings. The summed E-state index contributed by atoms with van der Waals surface area (Å²) in [4.78, 5) is 32.3. The molecule has 2 aromatic heterocycles. The largest absolute Gasteiger partial charge is 0.454 e. The predicted octanol–water partition coefficient (Wildman–Crippen LogP) is 5.16. The number of H-pyrrole nitrogens is 1. The molecule has 4 rings (SSSR count). The van der Waals surface area contributed by atoms with E-state index in [0.717, 1.165) is 23.0 Å². The number of Topliss-reactive ketones (excluding diaryl/α,β-unsaturated/α-hetero) is 1. The van der Waals surface area contributed by atoms with Crippen molar-refractivity contribution in [2.24, 2.45) is 0 Å². The van der Waals surface area contributed by atoms with Crippen LogP contribution in [-0.4, -0.2) is 27.8 Å². The number of para-hydroxylation sites is 1. The van der Waals surface area contributed by atoms with Crippen molar-refractivity contribution in [2.45, 2.75) is 32.8 Å². The van der Waals surface area contributed by atoms with Gasteiger partial charge >= 0.3 is 5.97 Å². The highest BCUT2D eigenvalue weighted by atomic mass is 19.1. The third-order valence-corrected chi connectivity index (χ3v) is 5.11. The number of nitrogens with one attached hydrogen (secondary N) is 1. The van der Waals surface area contributed by atoms with Gasteiger partial charge < -0.3 is 14.1 Å². The fourth-order valence-electron chi connectivity index (χ4n) is 3.56. The zero-order valence-electron chi connectivity index (χ0n) is 17.4. The van der Waals surface area contributed by atoms with E-state index in [9.17, 15) is 18.4 Å². The maximum absolute atomic E-state index is 13.9. The lowest BCUT2D eigenvalue weighted by molar-refractivity contribution is -0.146. The van der Waals surface area contributed by atoms with E-state index < -0.39 is 23.7 Å². The number of benzene rings is 2. The van der Waals surface area contributed by atoms with Gasteiger partial charge in [-0.15, -0.1) is 0 Å². The fourth-order valence-corrected chi connectivity index (χ4v) is 3.56. The number of oxazole rings is 1. The van der Waals surface area contributed by atoms with Crippen LogP contribution < -0.4 is 0 Å². The molecule has 2 heterocycles. The molecule has 1 N–H and O–H groups in total. The Hall–Kier alpha value is -3.81. The second-order valence-electron chi connectivity index (χ2n) is 7.41. The van der Waals surface area contributed by atoms with Gasteiger partial charge in [0, 0.05) is 34.6 Å². The number of ether oxygens (including phenoxy) is 1. The number of halogens is 2. The second kappa shape index (κ2) is 8.74. The monoisotopic (exact) mass is 438 g/mol. The predicted molar refractivity (Wildman–Crippen MR) is 113 cm³/mol. The van der Waals surface area contributed by atoms with Crippen molar-refractivity contribution in [1.82, 2.24) is 9.97 Å². The minimum absolute atomic E-state index is 0.0704. The highest BCUT2D eigenvalue weighted by molar-refractivity contribution is 6.11. The SMILES string of the molecule is Cc1[nH]c2ccccc2c1C(=O)C(C)OC(=O)CCc1ncc(-c2ccc(F)cc2F)o1. The molecule has 8 heteroatoms. The average Bonchev–Trinajstić information content (AvgIpc) is 3.35. The van der Waals surface area contributed by atoms with Crippen LogP contribution in [0.2, 0.25) is 0 Å². The Bertz CT molecular complexity index is 1310. The molecule has 0 bridgehead atoms. The molecule has 2 aromatic carbocycles. The molecule has 0 aliphatic heterocycles. The van der Waals surface area contributed by atoms with Crippen LogP contribution in [-0.2, 0) is 16.0 Å². The molecular formula is C24H20F2N2O4. The lowest BCUT2D eigenvalue weighted by Crippen LogP contribution is -2.25. The number of carbonyl (C=O) groups is 2. The molecule has 6 nitrogen and oxygen atoms in total. The fraction of sp³-hybridized carbons (Fsp3) is 0.208. The average molecular weight is 438 g/mol. The molecule has 164 valence electrons. The molecule has 0 fully saturated rings. The van der Waals surface area contributed by atoms with Crippen LogP contribution in [0.4, 0.5) is 8.78 Å². The molecule has 0 radical (unpaired) electrons. The van der Waals surface area contributed by atoms with Crippen LogP contribution in [0.5, 0.6) is 0 Å². The van der Waals surface area contributed by atoms with Crippen LogP contribution in [0.15, 0.2) is 53.1 Å². The Labute approximate surface area is 182 Å². The van der Waals surface area contributed by atoms with Gasteiger partial charge in [0.1, 0.15) is 11.6 Å². The topological polar surface area (TPSA) is 85.2 Å². The van der Waals surface area contributed by atoms with Gasteiger partial charge in [-0.3, -0.25) is 9.59 Å². The number of hydrogen-bond donors (Lipinski definition) is 1. The minimum atomic E-state index is -0.964. The van der Waals surface area contributed by atoms with E-state index in [4.69, 9.17) is 9.15 Å². The summed E-state index contributed by atoms with van der Waals surface area (Å²) in [6.07, 6.45) is 0.377. The zero-order valence-corrected chi connectivity index (χ0v) is 17.4. The zero-order chi connectivity index (χ0) is 22.8. The first-order valence-corrected chi connectivity index (χ1v) is 10.0. The summed E-state index contributed by atoms with van der Waals surface area (Å²) in [6, 6.07) is 10.5. The molecule has 32 heavy (non-hydrogen) atoms. The van der Waals surface area contributed by atoms with Gasteiger partial charge in [0.2, 0.25) is 5.78 Å². The van der Waals surface area contributed by atoms with Gasteiger partial charge in [-0.1, -0.05) is 18.2 Å². The maximum Gasteiger partial charge on any atom is 0.307 e. The van der Waals surface area contributed by atoms with E-state index in [1.54, 1.807) is 6.92 Å². The molecule has 0 amide bonds. The lowest BCUT2D eigenvalue weighted by Gasteiger charge is -2.12. The van der Waals surface area contributed by atoms with Gasteiger partial charge in [-0.2, -0.15) is 0 Å². The third-order valence-electron chi connectivity index (χ3n) is 5.11. The molecule has 0 aliphatic carbocycles. The molecule has 0 saturated heterocycles. The number of ketones is 1. The molecule has 0 spiro atoms. The summed E-state index contributed by atoms with van der Waals surface area (Å²) in [7, 11) is 0. The van der Waals surface area contributed by atoms with E-state index in [2.05, 4.69) is 9.97 Å². The Morgan fingerprint density at radius 1 is 1.19 bits per heavy atom. The highest BCUT2D eigenvalue weighted by Gasteiger charge is 2.24. The van der Waals surface area contributed by atoms with Crippen molar-refractivity contribution in [3.63, 3.8) is 0 Å². The van der Waals surface area contributed by atoms with Gasteiger partial charge in [-0.25, -0.2) is 13.8 Å². The number of fused-ring (bicyclic) bond motifs is 1. The molecule has 1 atom stereocenters. The first-order chi connectivity index (χ1) is 15.3. The molecular weight excluding hydrogens is 418 g/mol. The second-order valence-corrected chi connectivity index (χ2v) is 7.41. The van der Waals surface area contributed by atoms with Crippen LogP contribution in [0.1, 0.15) is 35.3 Å². The summed E-state index contributed by atoms with van der Waals surface area (Å²) in [5.41, 5.74) is 2.12. The molecule has 4 aromatic rings. The van der Waals surface area contributed by atoms with Crippen LogP contribution in [0, 0.1) is 18.6 Å². The Balaban J connectivity index is 1.37. The number of rotatable bonds is 7. The molecule has 1 unspecified atom stereocenters. The Morgan fingerprint density at radius 2 is 1.97 bits per heavy atom. The first-order valence-electron chi connectivity index (χ1n) is 10.0. The Morgan fingerprint density at radius 3 is 2.75 bits per heavy atom. The Kier molecular flexibility index (Phi) is 5.85. The normalized spacial score (nSPS) is 12.1. The van der Waals surface area contributed by atoms with Crippen molar-refractivity contribution in [3.8, 4) is 11.3 Å². The van der Waals surface area contributed by atoms with Crippen molar-refractivity contribution in [2.75, 3.05) is 0 Å². The van der Waals surface area contributed by atoms with Crippen LogP contribution in [0.25, 0.3) is 22.2 Å². The molecule has 0 saturated carbocycles. The van der Waals surface area contributed by atoms with E-state index in [0.29, 0.717) is 11.3 Å². The standard InChI is InChI=1S/C24H20F2N2O4/c1-13-23(17-5-3-4-6-19(17)28-13)24(30)14(2)31-22(29)10-9-21-27-12-20(32-21)16-8-7-15(25)11-18(16)26/h3-8,11-12,14,28H,9-10H2,1-2H3. The number of aromatic amines is 1. The summed E-state index contributed by atoms with van der Waals surface area (Å²) in [5, 5.41) is 0.776. The van der Waals surface area contributed by atoms with Crippen LogP contribution in [0.3, 0.4) is 0 Å². The van der Waals surface area contributed by atoms with E-state index in [1.165, 1.54) is 19.2 Å². The van der Waals surface area contributed by atoms with Crippen LogP contribution >= 0.6 is 0 Å². The summed E-state index contributed by atoms with van der Waals surface area (Å²) >= 11 is 0. The number of hydrogen-bond acceptors (Lipinski definition) is 5. The number of aryl methyl sites for hydroxylation is 2.